The van der Waals surface area contributed by atoms with Gasteiger partial charge >= 0.3 is 0 Å². The monoisotopic (exact) mass is 265 g/mol. The van der Waals surface area contributed by atoms with E-state index in [-0.39, 0.29) is 5.60 Å². The van der Waals surface area contributed by atoms with Gasteiger partial charge in [0, 0.05) is 13.7 Å². The topological polar surface area (TPSA) is 60.2 Å². The number of hydrogen-bond acceptors (Lipinski definition) is 5. The molecule has 1 aromatic rings. The lowest BCUT2D eigenvalue weighted by Crippen LogP contribution is -2.32. The highest BCUT2D eigenvalue weighted by Crippen LogP contribution is 2.39. The van der Waals surface area contributed by atoms with Crippen molar-refractivity contribution in [3.05, 3.63) is 11.7 Å². The summed E-state index contributed by atoms with van der Waals surface area (Å²) in [6, 6.07) is 0. The average molecular weight is 265 g/mol. The van der Waals surface area contributed by atoms with E-state index in [2.05, 4.69) is 22.4 Å². The van der Waals surface area contributed by atoms with Crippen LogP contribution in [-0.4, -0.2) is 30.3 Å². The van der Waals surface area contributed by atoms with Crippen molar-refractivity contribution in [3.8, 4) is 0 Å². The third-order valence-corrected chi connectivity index (χ3v) is 4.74. The van der Waals surface area contributed by atoms with Crippen LogP contribution in [0.5, 0.6) is 0 Å². The zero-order valence-corrected chi connectivity index (χ0v) is 11.8. The number of nitrogens with one attached hydrogen (secondary N) is 1. The van der Waals surface area contributed by atoms with E-state index in [4.69, 9.17) is 9.26 Å². The van der Waals surface area contributed by atoms with Crippen molar-refractivity contribution in [1.82, 2.24) is 15.5 Å². The molecule has 1 aliphatic carbocycles. The quantitative estimate of drug-likeness (QED) is 0.908. The first-order valence-electron chi connectivity index (χ1n) is 7.35. The Balaban J connectivity index is 1.83. The van der Waals surface area contributed by atoms with Gasteiger partial charge < -0.3 is 14.6 Å². The Hall–Kier alpha value is -0.940. The molecule has 0 radical (unpaired) electrons. The molecule has 0 amide bonds. The average Bonchev–Trinajstić information content (AvgIpc) is 3.08. The van der Waals surface area contributed by atoms with E-state index in [0.29, 0.717) is 11.8 Å². The first-order valence-corrected chi connectivity index (χ1v) is 7.35. The summed E-state index contributed by atoms with van der Waals surface area (Å²) in [5.41, 5.74) is -0.310. The molecule has 1 aliphatic heterocycles. The predicted molar refractivity (Wildman–Crippen MR) is 70.8 cm³/mol. The molecular weight excluding hydrogens is 242 g/mol. The maximum absolute atomic E-state index is 5.77. The molecule has 2 heterocycles. The summed E-state index contributed by atoms with van der Waals surface area (Å²) in [6.45, 7) is 4.18. The Kier molecular flexibility index (Phi) is 3.58. The zero-order chi connectivity index (χ0) is 13.3. The molecule has 5 heteroatoms. The highest BCUT2D eigenvalue weighted by atomic mass is 16.5. The Morgan fingerprint density at radius 2 is 2.05 bits per heavy atom. The second-order valence-electron chi connectivity index (χ2n) is 5.96. The van der Waals surface area contributed by atoms with Crippen molar-refractivity contribution in [3.63, 3.8) is 0 Å². The number of rotatable bonds is 3. The molecule has 19 heavy (non-hydrogen) atoms. The van der Waals surface area contributed by atoms with Crippen LogP contribution >= 0.6 is 0 Å². The fourth-order valence-electron chi connectivity index (χ4n) is 3.35. The number of methoxy groups -OCH3 is 1. The Morgan fingerprint density at radius 1 is 1.26 bits per heavy atom. The summed E-state index contributed by atoms with van der Waals surface area (Å²) < 4.78 is 11.3. The van der Waals surface area contributed by atoms with Gasteiger partial charge in [0.05, 0.1) is 5.92 Å². The molecule has 5 nitrogen and oxygen atoms in total. The molecule has 2 fully saturated rings. The van der Waals surface area contributed by atoms with Crippen molar-refractivity contribution < 1.29 is 9.26 Å². The molecule has 2 atom stereocenters. The lowest BCUT2D eigenvalue weighted by molar-refractivity contribution is -0.0527. The third kappa shape index (κ3) is 2.30. The molecule has 1 saturated carbocycles. The number of ether oxygens (including phenoxy) is 1. The van der Waals surface area contributed by atoms with Crippen LogP contribution in [-0.2, 0) is 10.3 Å². The molecule has 1 N–H and O–H groups in total. The Labute approximate surface area is 114 Å². The predicted octanol–water partition coefficient (Wildman–Crippen LogP) is 2.20. The number of hydrogen-bond donors (Lipinski definition) is 1. The summed E-state index contributed by atoms with van der Waals surface area (Å²) in [6.07, 6.45) is 5.64. The lowest BCUT2D eigenvalue weighted by atomic mass is 9.84. The minimum Gasteiger partial charge on any atom is -0.370 e. The molecule has 0 aromatic carbocycles. The molecule has 1 aromatic heterocycles. The summed E-state index contributed by atoms with van der Waals surface area (Å²) in [7, 11) is 1.76. The fourth-order valence-corrected chi connectivity index (χ4v) is 3.35. The normalized spacial score (nSPS) is 30.6. The molecule has 2 aliphatic rings. The standard InChI is InChI=1S/C14H23N3O2/c1-10-8-15-9-11(10)12-16-13(17-19-12)14(18-2)6-4-3-5-7-14/h10-11,15H,3-9H2,1-2H3/t10-,11-/m1/s1. The van der Waals surface area contributed by atoms with E-state index in [9.17, 15) is 0 Å². The van der Waals surface area contributed by atoms with Gasteiger partial charge in [0.25, 0.3) is 0 Å². The van der Waals surface area contributed by atoms with E-state index in [1.165, 1.54) is 19.3 Å². The van der Waals surface area contributed by atoms with Gasteiger partial charge in [-0.2, -0.15) is 4.98 Å². The molecule has 0 unspecified atom stereocenters. The molecule has 106 valence electrons. The van der Waals surface area contributed by atoms with Gasteiger partial charge in [0.1, 0.15) is 5.60 Å². The number of aromatic nitrogens is 2. The van der Waals surface area contributed by atoms with Crippen LogP contribution in [0.3, 0.4) is 0 Å². The third-order valence-electron chi connectivity index (χ3n) is 4.74. The summed E-state index contributed by atoms with van der Waals surface area (Å²) in [4.78, 5) is 4.67. The van der Waals surface area contributed by atoms with Gasteiger partial charge in [-0.25, -0.2) is 0 Å². The molecule has 1 saturated heterocycles. The van der Waals surface area contributed by atoms with Crippen molar-refractivity contribution >= 4 is 0 Å². The van der Waals surface area contributed by atoms with E-state index >= 15 is 0 Å². The summed E-state index contributed by atoms with van der Waals surface area (Å²) in [5, 5.41) is 7.60. The lowest BCUT2D eigenvalue weighted by Gasteiger charge is -2.32. The van der Waals surface area contributed by atoms with E-state index in [1.807, 2.05) is 0 Å². The minimum absolute atomic E-state index is 0.310. The largest absolute Gasteiger partial charge is 0.370 e. The second kappa shape index (κ2) is 5.21. The first kappa shape index (κ1) is 13.1. The summed E-state index contributed by atoms with van der Waals surface area (Å²) >= 11 is 0. The molecule has 0 spiro atoms. The maximum atomic E-state index is 5.77. The van der Waals surface area contributed by atoms with Crippen molar-refractivity contribution in [2.24, 2.45) is 5.92 Å². The SMILES string of the molecule is COC1(c2noc([C@@H]3CNC[C@H]3C)n2)CCCCC1. The van der Waals surface area contributed by atoms with Gasteiger partial charge in [-0.15, -0.1) is 0 Å². The van der Waals surface area contributed by atoms with Crippen molar-refractivity contribution in [1.29, 1.82) is 0 Å². The minimum atomic E-state index is -0.310. The maximum Gasteiger partial charge on any atom is 0.231 e. The van der Waals surface area contributed by atoms with Gasteiger partial charge in [0.2, 0.25) is 11.7 Å². The highest BCUT2D eigenvalue weighted by Gasteiger charge is 2.40. The van der Waals surface area contributed by atoms with Gasteiger partial charge in [-0.1, -0.05) is 31.3 Å². The molecular formula is C14H23N3O2. The van der Waals surface area contributed by atoms with E-state index in [1.54, 1.807) is 7.11 Å². The van der Waals surface area contributed by atoms with Gasteiger partial charge in [-0.3, -0.25) is 0 Å². The highest BCUT2D eigenvalue weighted by molar-refractivity contribution is 5.07. The smallest absolute Gasteiger partial charge is 0.231 e. The summed E-state index contributed by atoms with van der Waals surface area (Å²) in [5.74, 6) is 2.43. The first-order chi connectivity index (χ1) is 9.25. The van der Waals surface area contributed by atoms with Gasteiger partial charge in [0.15, 0.2) is 0 Å². The van der Waals surface area contributed by atoms with Gasteiger partial charge in [-0.05, 0) is 25.3 Å². The second-order valence-corrected chi connectivity index (χ2v) is 5.96. The van der Waals surface area contributed by atoms with Crippen molar-refractivity contribution in [2.75, 3.05) is 20.2 Å². The molecule has 0 bridgehead atoms. The molecule has 3 rings (SSSR count). The number of nitrogens with zero attached hydrogens (tertiary/aromatic N) is 2. The van der Waals surface area contributed by atoms with Crippen LogP contribution in [0, 0.1) is 5.92 Å². The fraction of sp³-hybridized carbons (Fsp3) is 0.857. The Bertz CT molecular complexity index is 426. The van der Waals surface area contributed by atoms with E-state index in [0.717, 1.165) is 37.6 Å². The van der Waals surface area contributed by atoms with Crippen LogP contribution < -0.4 is 5.32 Å². The van der Waals surface area contributed by atoms with Crippen LogP contribution in [0.1, 0.15) is 56.7 Å². The van der Waals surface area contributed by atoms with Crippen molar-refractivity contribution in [2.45, 2.75) is 50.5 Å². The van der Waals surface area contributed by atoms with Crippen LogP contribution in [0.25, 0.3) is 0 Å². The van der Waals surface area contributed by atoms with Crippen LogP contribution in [0.2, 0.25) is 0 Å². The van der Waals surface area contributed by atoms with E-state index < -0.39 is 0 Å². The Morgan fingerprint density at radius 3 is 2.68 bits per heavy atom. The van der Waals surface area contributed by atoms with Crippen LogP contribution in [0.4, 0.5) is 0 Å². The van der Waals surface area contributed by atoms with Crippen LogP contribution in [0.15, 0.2) is 4.52 Å². The zero-order valence-electron chi connectivity index (χ0n) is 11.8.